The number of rotatable bonds is 2. The van der Waals surface area contributed by atoms with Gasteiger partial charge in [0.2, 0.25) is 15.9 Å². The molecular weight excluding hydrogens is 356 g/mol. The molecule has 0 atom stereocenters. The second kappa shape index (κ2) is 5.76. The number of anilines is 1. The Morgan fingerprint density at radius 1 is 1.00 bits per heavy atom. The van der Waals surface area contributed by atoms with Gasteiger partial charge in [0.05, 0.1) is 30.2 Å². The zero-order valence-electron chi connectivity index (χ0n) is 14.6. The number of hydrogen-bond donors (Lipinski definition) is 0. The van der Waals surface area contributed by atoms with Crippen LogP contribution in [-0.2, 0) is 37.1 Å². The summed E-state index contributed by atoms with van der Waals surface area (Å²) < 4.78 is 39.3. The summed E-state index contributed by atoms with van der Waals surface area (Å²) in [4.78, 5) is 14.3. The molecule has 5 rings (SSSR count). The third-order valence-electron chi connectivity index (χ3n) is 5.92. The molecule has 1 spiro atoms. The molecule has 2 fully saturated rings. The molecule has 0 bridgehead atoms. The summed E-state index contributed by atoms with van der Waals surface area (Å²) in [5.41, 5.74) is 2.78. The summed E-state index contributed by atoms with van der Waals surface area (Å²) in [6.45, 7) is 2.66. The van der Waals surface area contributed by atoms with Crippen LogP contribution in [0.15, 0.2) is 17.0 Å². The largest absolute Gasteiger partial charge is 0.347 e. The molecule has 2 saturated heterocycles. The van der Waals surface area contributed by atoms with Crippen molar-refractivity contribution in [2.24, 2.45) is 0 Å². The standard InChI is InChI=1S/C18H22N2O5S/c21-16-12-14-11-15(10-13-2-1-5-20(16)17(13)14)26(22,23)19-6-3-18(4-7-19)24-8-9-25-18/h10-11H,1-9,12H2. The minimum Gasteiger partial charge on any atom is -0.347 e. The van der Waals surface area contributed by atoms with Crippen LogP contribution in [0, 0.1) is 0 Å². The third kappa shape index (κ3) is 2.43. The van der Waals surface area contributed by atoms with Crippen LogP contribution in [-0.4, -0.2) is 57.3 Å². The maximum atomic E-state index is 13.2. The second-order valence-corrected chi connectivity index (χ2v) is 9.37. The van der Waals surface area contributed by atoms with Gasteiger partial charge in [-0.1, -0.05) is 0 Å². The monoisotopic (exact) mass is 378 g/mol. The van der Waals surface area contributed by atoms with Gasteiger partial charge in [0, 0.05) is 32.5 Å². The van der Waals surface area contributed by atoms with Crippen LogP contribution in [0.1, 0.15) is 30.4 Å². The Bertz CT molecular complexity index is 866. The maximum Gasteiger partial charge on any atom is 0.243 e. The van der Waals surface area contributed by atoms with Crippen LogP contribution < -0.4 is 4.90 Å². The van der Waals surface area contributed by atoms with Crippen LogP contribution in [0.25, 0.3) is 0 Å². The van der Waals surface area contributed by atoms with Crippen LogP contribution in [0.3, 0.4) is 0 Å². The van der Waals surface area contributed by atoms with E-state index < -0.39 is 15.8 Å². The molecule has 1 aromatic rings. The topological polar surface area (TPSA) is 76.2 Å². The first kappa shape index (κ1) is 16.7. The smallest absolute Gasteiger partial charge is 0.243 e. The van der Waals surface area contributed by atoms with E-state index in [2.05, 4.69) is 0 Å². The number of piperidine rings is 1. The average molecular weight is 378 g/mol. The number of aryl methyl sites for hydroxylation is 1. The van der Waals surface area contributed by atoms with Crippen LogP contribution in [0.2, 0.25) is 0 Å². The second-order valence-electron chi connectivity index (χ2n) is 7.43. The normalized spacial score (nSPS) is 25.1. The van der Waals surface area contributed by atoms with Gasteiger partial charge < -0.3 is 14.4 Å². The highest BCUT2D eigenvalue weighted by atomic mass is 32.2. The lowest BCUT2D eigenvalue weighted by molar-refractivity contribution is -0.179. The van der Waals surface area contributed by atoms with Crippen LogP contribution in [0.4, 0.5) is 5.69 Å². The van der Waals surface area contributed by atoms with Crippen molar-refractivity contribution in [1.82, 2.24) is 4.31 Å². The van der Waals surface area contributed by atoms with E-state index in [1.165, 1.54) is 4.31 Å². The molecule has 0 saturated carbocycles. The van der Waals surface area contributed by atoms with Crippen molar-refractivity contribution in [3.8, 4) is 0 Å². The highest BCUT2D eigenvalue weighted by Gasteiger charge is 2.43. The van der Waals surface area contributed by atoms with E-state index in [0.717, 1.165) is 36.2 Å². The molecule has 4 aliphatic rings. The first-order chi connectivity index (χ1) is 12.5. The Kier molecular flexibility index (Phi) is 3.69. The fourth-order valence-corrected chi connectivity index (χ4v) is 6.14. The molecular formula is C18H22N2O5S. The molecule has 4 aliphatic heterocycles. The first-order valence-corrected chi connectivity index (χ1v) is 10.7. The van der Waals surface area contributed by atoms with E-state index in [1.54, 1.807) is 12.1 Å². The van der Waals surface area contributed by atoms with Crippen molar-refractivity contribution in [1.29, 1.82) is 0 Å². The molecule has 26 heavy (non-hydrogen) atoms. The summed E-state index contributed by atoms with van der Waals surface area (Å²) in [7, 11) is -3.58. The zero-order valence-corrected chi connectivity index (χ0v) is 15.4. The molecule has 7 nitrogen and oxygen atoms in total. The third-order valence-corrected chi connectivity index (χ3v) is 7.79. The number of hydrogen-bond acceptors (Lipinski definition) is 5. The van der Waals surface area contributed by atoms with E-state index in [0.29, 0.717) is 50.5 Å². The molecule has 0 aromatic heterocycles. The van der Waals surface area contributed by atoms with Crippen molar-refractivity contribution in [2.45, 2.75) is 42.8 Å². The quantitative estimate of drug-likeness (QED) is 0.769. The Balaban J connectivity index is 1.45. The Morgan fingerprint density at radius 2 is 1.69 bits per heavy atom. The average Bonchev–Trinajstić information content (AvgIpc) is 3.22. The Hall–Kier alpha value is -1.48. The summed E-state index contributed by atoms with van der Waals surface area (Å²) >= 11 is 0. The van der Waals surface area contributed by atoms with Gasteiger partial charge in [0.1, 0.15) is 0 Å². The van der Waals surface area contributed by atoms with Gasteiger partial charge in [-0.3, -0.25) is 4.79 Å². The zero-order chi connectivity index (χ0) is 17.9. The Morgan fingerprint density at radius 3 is 2.42 bits per heavy atom. The van der Waals surface area contributed by atoms with Gasteiger partial charge in [-0.15, -0.1) is 0 Å². The minimum atomic E-state index is -3.58. The molecule has 1 amide bonds. The molecule has 0 N–H and O–H groups in total. The number of ether oxygens (including phenoxy) is 2. The lowest BCUT2D eigenvalue weighted by atomic mass is 10.0. The van der Waals surface area contributed by atoms with E-state index in [9.17, 15) is 13.2 Å². The number of carbonyl (C=O) groups excluding carboxylic acids is 1. The molecule has 8 heteroatoms. The summed E-state index contributed by atoms with van der Waals surface area (Å²) in [5, 5.41) is 0. The number of nitrogens with zero attached hydrogens (tertiary/aromatic N) is 2. The van der Waals surface area contributed by atoms with Crippen molar-refractivity contribution in [2.75, 3.05) is 37.7 Å². The van der Waals surface area contributed by atoms with Crippen LogP contribution in [0.5, 0.6) is 0 Å². The van der Waals surface area contributed by atoms with Crippen LogP contribution >= 0.6 is 0 Å². The van der Waals surface area contributed by atoms with E-state index in [1.807, 2.05) is 4.90 Å². The SMILES string of the molecule is O=C1Cc2cc(S(=O)(=O)N3CCC4(CC3)OCCO4)cc3c2N1CCC3. The number of benzene rings is 1. The molecule has 0 radical (unpaired) electrons. The van der Waals surface area contributed by atoms with Gasteiger partial charge in [-0.2, -0.15) is 4.31 Å². The van der Waals surface area contributed by atoms with Gasteiger partial charge in [-0.05, 0) is 36.1 Å². The molecule has 0 aliphatic carbocycles. The fourth-order valence-electron chi connectivity index (χ4n) is 4.60. The summed E-state index contributed by atoms with van der Waals surface area (Å²) in [5.74, 6) is -0.519. The molecule has 4 heterocycles. The van der Waals surface area contributed by atoms with Gasteiger partial charge in [0.25, 0.3) is 0 Å². The van der Waals surface area contributed by atoms with E-state index in [-0.39, 0.29) is 5.91 Å². The van der Waals surface area contributed by atoms with Crippen molar-refractivity contribution < 1.29 is 22.7 Å². The van der Waals surface area contributed by atoms with Gasteiger partial charge >= 0.3 is 0 Å². The maximum absolute atomic E-state index is 13.2. The summed E-state index contributed by atoms with van der Waals surface area (Å²) in [6, 6.07) is 3.47. The lowest BCUT2D eigenvalue weighted by Gasteiger charge is -2.37. The number of amides is 1. The molecule has 1 aromatic carbocycles. The number of carbonyl (C=O) groups is 1. The lowest BCUT2D eigenvalue weighted by Crippen LogP contribution is -2.47. The highest BCUT2D eigenvalue weighted by Crippen LogP contribution is 2.40. The Labute approximate surface area is 152 Å². The predicted octanol–water partition coefficient (Wildman–Crippen LogP) is 1.05. The van der Waals surface area contributed by atoms with Crippen molar-refractivity contribution in [3.63, 3.8) is 0 Å². The van der Waals surface area contributed by atoms with Crippen molar-refractivity contribution >= 4 is 21.6 Å². The fraction of sp³-hybridized carbons (Fsp3) is 0.611. The predicted molar refractivity (Wildman–Crippen MR) is 93.4 cm³/mol. The molecule has 140 valence electrons. The first-order valence-electron chi connectivity index (χ1n) is 9.23. The summed E-state index contributed by atoms with van der Waals surface area (Å²) in [6.07, 6.45) is 3.10. The van der Waals surface area contributed by atoms with Gasteiger partial charge in [0.15, 0.2) is 5.79 Å². The van der Waals surface area contributed by atoms with E-state index in [4.69, 9.17) is 9.47 Å². The van der Waals surface area contributed by atoms with Gasteiger partial charge in [-0.25, -0.2) is 8.42 Å². The highest BCUT2D eigenvalue weighted by molar-refractivity contribution is 7.89. The van der Waals surface area contributed by atoms with Crippen molar-refractivity contribution in [3.05, 3.63) is 23.3 Å². The molecule has 0 unspecified atom stereocenters. The van der Waals surface area contributed by atoms with E-state index >= 15 is 0 Å². The number of sulfonamides is 1. The minimum absolute atomic E-state index is 0.0749.